The molecule has 0 saturated carbocycles. The first-order chi connectivity index (χ1) is 9.11. The van der Waals surface area contributed by atoms with Crippen molar-refractivity contribution in [2.45, 2.75) is 25.8 Å². The van der Waals surface area contributed by atoms with Gasteiger partial charge >= 0.3 is 5.97 Å². The van der Waals surface area contributed by atoms with Crippen LogP contribution in [0.15, 0.2) is 10.6 Å². The molecule has 0 aromatic rings. The molecule has 6 nitrogen and oxygen atoms in total. The van der Waals surface area contributed by atoms with Gasteiger partial charge in [0.25, 0.3) is 0 Å². The van der Waals surface area contributed by atoms with Gasteiger partial charge in [-0.3, -0.25) is 10.2 Å². The SMILES string of the molecule is CC[C@H]1C(=O)N2C(C(=O)O)=C(SCCNC=N)C[C@H]12. The van der Waals surface area contributed by atoms with E-state index in [4.69, 9.17) is 5.41 Å². The van der Waals surface area contributed by atoms with Gasteiger partial charge in [0.05, 0.1) is 18.3 Å². The normalized spacial score (nSPS) is 25.1. The Morgan fingerprint density at radius 2 is 2.42 bits per heavy atom. The summed E-state index contributed by atoms with van der Waals surface area (Å²) in [4.78, 5) is 25.4. The number of aliphatic carboxylic acids is 1. The molecule has 1 fully saturated rings. The fourth-order valence-electron chi connectivity index (χ4n) is 2.64. The van der Waals surface area contributed by atoms with E-state index in [0.29, 0.717) is 18.7 Å². The molecular weight excluding hydrogens is 266 g/mol. The lowest BCUT2D eigenvalue weighted by molar-refractivity contribution is -0.155. The number of hydrogen-bond acceptors (Lipinski definition) is 4. The number of carbonyl (C=O) groups excluding carboxylic acids is 1. The highest BCUT2D eigenvalue weighted by atomic mass is 32.2. The number of carboxylic acid groups (broad SMARTS) is 1. The Balaban J connectivity index is 2.06. The highest BCUT2D eigenvalue weighted by Gasteiger charge is 2.54. The smallest absolute Gasteiger partial charge is 0.353 e. The summed E-state index contributed by atoms with van der Waals surface area (Å²) >= 11 is 1.46. The Bertz CT molecular complexity index is 450. The zero-order chi connectivity index (χ0) is 14.0. The van der Waals surface area contributed by atoms with E-state index in [1.54, 1.807) is 0 Å². The highest BCUT2D eigenvalue weighted by Crippen LogP contribution is 2.46. The van der Waals surface area contributed by atoms with Crippen LogP contribution in [0.25, 0.3) is 0 Å². The van der Waals surface area contributed by atoms with Gasteiger partial charge in [0.15, 0.2) is 0 Å². The standard InChI is InChI=1S/C12H17N3O3S/c1-2-7-8-5-9(19-4-3-14-6-13)10(12(17)18)15(8)11(7)16/h6-8H,2-5H2,1H3,(H2,13,14)(H,17,18)/t7-,8-/m1/s1. The maximum absolute atomic E-state index is 11.9. The maximum Gasteiger partial charge on any atom is 0.353 e. The van der Waals surface area contributed by atoms with Crippen molar-refractivity contribution in [3.63, 3.8) is 0 Å². The van der Waals surface area contributed by atoms with Gasteiger partial charge in [-0.2, -0.15) is 0 Å². The van der Waals surface area contributed by atoms with Gasteiger partial charge in [-0.25, -0.2) is 4.79 Å². The second kappa shape index (κ2) is 5.64. The summed E-state index contributed by atoms with van der Waals surface area (Å²) in [5, 5.41) is 18.9. The van der Waals surface area contributed by atoms with Crippen LogP contribution in [-0.2, 0) is 9.59 Å². The molecule has 2 atom stereocenters. The van der Waals surface area contributed by atoms with Gasteiger partial charge in [-0.15, -0.1) is 11.8 Å². The van der Waals surface area contributed by atoms with Gasteiger partial charge in [0.1, 0.15) is 5.70 Å². The third-order valence-corrected chi connectivity index (χ3v) is 4.63. The molecule has 0 unspecified atom stereocenters. The van der Waals surface area contributed by atoms with E-state index in [0.717, 1.165) is 17.7 Å². The number of fused-ring (bicyclic) bond motifs is 1. The van der Waals surface area contributed by atoms with Gasteiger partial charge in [-0.1, -0.05) is 6.92 Å². The van der Waals surface area contributed by atoms with E-state index in [-0.39, 0.29) is 23.6 Å². The second-order valence-corrected chi connectivity index (χ2v) is 5.71. The van der Waals surface area contributed by atoms with E-state index in [9.17, 15) is 14.7 Å². The molecule has 104 valence electrons. The van der Waals surface area contributed by atoms with Crippen LogP contribution in [0.4, 0.5) is 0 Å². The summed E-state index contributed by atoms with van der Waals surface area (Å²) < 4.78 is 0. The number of amides is 1. The van der Waals surface area contributed by atoms with Gasteiger partial charge in [0, 0.05) is 23.6 Å². The first kappa shape index (κ1) is 13.9. The molecule has 2 heterocycles. The molecule has 2 rings (SSSR count). The summed E-state index contributed by atoms with van der Waals surface area (Å²) in [6.45, 7) is 2.57. The molecule has 1 saturated heterocycles. The average Bonchev–Trinajstić information content (AvgIpc) is 2.70. The number of carbonyl (C=O) groups is 2. The van der Waals surface area contributed by atoms with Crippen LogP contribution in [-0.4, -0.2) is 46.6 Å². The Hall–Kier alpha value is -1.50. The number of β-lactam (4-membered cyclic amide) rings is 1. The van der Waals surface area contributed by atoms with Crippen molar-refractivity contribution in [2.75, 3.05) is 12.3 Å². The van der Waals surface area contributed by atoms with Crippen molar-refractivity contribution in [2.24, 2.45) is 5.92 Å². The van der Waals surface area contributed by atoms with Crippen LogP contribution < -0.4 is 5.32 Å². The van der Waals surface area contributed by atoms with Crippen LogP contribution in [0.1, 0.15) is 19.8 Å². The molecule has 0 bridgehead atoms. The minimum absolute atomic E-state index is 0.0212. The van der Waals surface area contributed by atoms with Crippen LogP contribution in [0.2, 0.25) is 0 Å². The summed E-state index contributed by atoms with van der Waals surface area (Å²) in [6.07, 6.45) is 2.53. The third-order valence-electron chi connectivity index (χ3n) is 3.52. The number of thioether (sulfide) groups is 1. The quantitative estimate of drug-likeness (QED) is 0.279. The number of carboxylic acids is 1. The summed E-state index contributed by atoms with van der Waals surface area (Å²) in [5.41, 5.74) is 0.166. The van der Waals surface area contributed by atoms with Crippen LogP contribution in [0, 0.1) is 11.3 Å². The van der Waals surface area contributed by atoms with E-state index < -0.39 is 5.97 Å². The molecule has 2 aliphatic heterocycles. The van der Waals surface area contributed by atoms with E-state index in [1.165, 1.54) is 16.7 Å². The van der Waals surface area contributed by atoms with E-state index >= 15 is 0 Å². The third kappa shape index (κ3) is 2.34. The van der Waals surface area contributed by atoms with Crippen LogP contribution in [0.5, 0.6) is 0 Å². The summed E-state index contributed by atoms with van der Waals surface area (Å²) in [6, 6.07) is 0.0433. The van der Waals surface area contributed by atoms with E-state index in [1.807, 2.05) is 6.92 Å². The fourth-order valence-corrected chi connectivity index (χ4v) is 3.71. The maximum atomic E-state index is 11.9. The Labute approximate surface area is 115 Å². The zero-order valence-corrected chi connectivity index (χ0v) is 11.5. The van der Waals surface area contributed by atoms with Crippen molar-refractivity contribution < 1.29 is 14.7 Å². The molecule has 0 aromatic carbocycles. The molecule has 2 aliphatic rings. The topological polar surface area (TPSA) is 93.5 Å². The molecule has 0 aliphatic carbocycles. The number of rotatable bonds is 7. The van der Waals surface area contributed by atoms with Crippen molar-refractivity contribution in [1.29, 1.82) is 5.41 Å². The lowest BCUT2D eigenvalue weighted by atomic mass is 9.85. The summed E-state index contributed by atoms with van der Waals surface area (Å²) in [5.74, 6) is -0.411. The molecule has 0 radical (unpaired) electrons. The Kier molecular flexibility index (Phi) is 4.14. The molecule has 1 amide bonds. The molecule has 0 spiro atoms. The molecular formula is C12H17N3O3S. The van der Waals surface area contributed by atoms with Gasteiger partial charge in [-0.05, 0) is 6.42 Å². The zero-order valence-electron chi connectivity index (χ0n) is 10.7. The van der Waals surface area contributed by atoms with Crippen molar-refractivity contribution >= 4 is 30.0 Å². The molecule has 19 heavy (non-hydrogen) atoms. The number of nitrogens with one attached hydrogen (secondary N) is 2. The predicted molar refractivity (Wildman–Crippen MR) is 72.9 cm³/mol. The minimum Gasteiger partial charge on any atom is -0.477 e. The minimum atomic E-state index is -1.02. The molecule has 0 aromatic heterocycles. The van der Waals surface area contributed by atoms with Gasteiger partial charge < -0.3 is 15.3 Å². The Morgan fingerprint density at radius 3 is 3.00 bits per heavy atom. The van der Waals surface area contributed by atoms with Crippen LogP contribution >= 0.6 is 11.8 Å². The monoisotopic (exact) mass is 283 g/mol. The van der Waals surface area contributed by atoms with Gasteiger partial charge in [0.2, 0.25) is 5.91 Å². The molecule has 3 N–H and O–H groups in total. The fraction of sp³-hybridized carbons (Fsp3) is 0.583. The molecule has 7 heteroatoms. The number of nitrogens with zero attached hydrogens (tertiary/aromatic N) is 1. The first-order valence-electron chi connectivity index (χ1n) is 6.26. The Morgan fingerprint density at radius 1 is 1.68 bits per heavy atom. The van der Waals surface area contributed by atoms with Crippen molar-refractivity contribution in [1.82, 2.24) is 10.2 Å². The van der Waals surface area contributed by atoms with Crippen LogP contribution in [0.3, 0.4) is 0 Å². The average molecular weight is 283 g/mol. The van der Waals surface area contributed by atoms with E-state index in [2.05, 4.69) is 5.32 Å². The lowest BCUT2D eigenvalue weighted by Crippen LogP contribution is -2.58. The lowest BCUT2D eigenvalue weighted by Gasteiger charge is -2.42. The highest BCUT2D eigenvalue weighted by molar-refractivity contribution is 8.03. The first-order valence-corrected chi connectivity index (χ1v) is 7.25. The van der Waals surface area contributed by atoms with Crippen molar-refractivity contribution in [3.05, 3.63) is 10.6 Å². The van der Waals surface area contributed by atoms with Crippen molar-refractivity contribution in [3.8, 4) is 0 Å². The second-order valence-electron chi connectivity index (χ2n) is 4.52. The summed E-state index contributed by atoms with van der Waals surface area (Å²) in [7, 11) is 0. The number of hydrogen-bond donors (Lipinski definition) is 3. The predicted octanol–water partition coefficient (Wildman–Crippen LogP) is 0.853. The largest absolute Gasteiger partial charge is 0.477 e.